The number of nitrogens with zero attached hydrogens (tertiary/aromatic N) is 2. The molecule has 7 nitrogen and oxygen atoms in total. The van der Waals surface area contributed by atoms with Gasteiger partial charge in [-0.3, -0.25) is 14.5 Å². The lowest BCUT2D eigenvalue weighted by Gasteiger charge is -2.40. The molecule has 1 N–H and O–H groups in total. The molecule has 0 spiro atoms. The number of rotatable bonds is 7. The van der Waals surface area contributed by atoms with Crippen molar-refractivity contribution in [3.05, 3.63) is 53.8 Å². The lowest BCUT2D eigenvalue weighted by Crippen LogP contribution is -2.56. The SMILES string of the molecule is COc1cc(NC(=O)C(C2CCCC2)N2CCN(C(=O)c3ccc(F)cc3)CC2)cc(OC)c1. The molecule has 1 heterocycles. The van der Waals surface area contributed by atoms with Crippen LogP contribution in [-0.4, -0.2) is 68.1 Å². The molecule has 2 fully saturated rings. The molecule has 0 radical (unpaired) electrons. The van der Waals surface area contributed by atoms with Gasteiger partial charge in [-0.2, -0.15) is 0 Å². The minimum absolute atomic E-state index is 0.0412. The zero-order chi connectivity index (χ0) is 24.1. The van der Waals surface area contributed by atoms with E-state index >= 15 is 0 Å². The van der Waals surface area contributed by atoms with Crippen molar-refractivity contribution < 1.29 is 23.5 Å². The third-order valence-corrected chi connectivity index (χ3v) is 6.82. The predicted molar refractivity (Wildman–Crippen MR) is 128 cm³/mol. The highest BCUT2D eigenvalue weighted by Crippen LogP contribution is 2.32. The molecule has 1 aliphatic carbocycles. The predicted octanol–water partition coefficient (Wildman–Crippen LogP) is 3.80. The Labute approximate surface area is 199 Å². The number of ether oxygens (including phenoxy) is 2. The fourth-order valence-corrected chi connectivity index (χ4v) is 5.03. The first kappa shape index (κ1) is 24.0. The number of methoxy groups -OCH3 is 2. The number of anilines is 1. The molecule has 1 saturated carbocycles. The Bertz CT molecular complexity index is 977. The van der Waals surface area contributed by atoms with Crippen LogP contribution in [0.2, 0.25) is 0 Å². The average molecular weight is 470 g/mol. The molecule has 1 atom stereocenters. The van der Waals surface area contributed by atoms with E-state index in [1.54, 1.807) is 37.3 Å². The molecular formula is C26H32FN3O4. The maximum Gasteiger partial charge on any atom is 0.253 e. The van der Waals surface area contributed by atoms with Gasteiger partial charge in [-0.25, -0.2) is 4.39 Å². The molecule has 2 amide bonds. The fourth-order valence-electron chi connectivity index (χ4n) is 5.03. The molecule has 34 heavy (non-hydrogen) atoms. The Kier molecular flexibility index (Phi) is 7.67. The van der Waals surface area contributed by atoms with Gasteiger partial charge in [-0.05, 0) is 43.0 Å². The largest absolute Gasteiger partial charge is 0.497 e. The maximum atomic E-state index is 13.5. The number of nitrogens with one attached hydrogen (secondary N) is 1. The zero-order valence-electron chi connectivity index (χ0n) is 19.8. The Balaban J connectivity index is 1.45. The summed E-state index contributed by atoms with van der Waals surface area (Å²) in [5, 5.41) is 3.07. The van der Waals surface area contributed by atoms with E-state index in [-0.39, 0.29) is 29.6 Å². The summed E-state index contributed by atoms with van der Waals surface area (Å²) >= 11 is 0. The highest BCUT2D eigenvalue weighted by Gasteiger charge is 2.37. The van der Waals surface area contributed by atoms with Crippen molar-refractivity contribution >= 4 is 17.5 Å². The third-order valence-electron chi connectivity index (χ3n) is 6.82. The number of halogens is 1. The van der Waals surface area contributed by atoms with Crippen LogP contribution in [0, 0.1) is 11.7 Å². The average Bonchev–Trinajstić information content (AvgIpc) is 3.38. The molecule has 1 saturated heterocycles. The van der Waals surface area contributed by atoms with E-state index in [0.717, 1.165) is 25.7 Å². The van der Waals surface area contributed by atoms with Gasteiger partial charge in [-0.15, -0.1) is 0 Å². The quantitative estimate of drug-likeness (QED) is 0.668. The molecule has 0 aromatic heterocycles. The molecule has 2 aliphatic rings. The molecule has 2 aromatic carbocycles. The first-order valence-corrected chi connectivity index (χ1v) is 11.8. The molecule has 8 heteroatoms. The minimum atomic E-state index is -0.361. The number of hydrogen-bond donors (Lipinski definition) is 1. The van der Waals surface area contributed by atoms with Crippen molar-refractivity contribution in [2.75, 3.05) is 45.7 Å². The van der Waals surface area contributed by atoms with Gasteiger partial charge in [0, 0.05) is 55.6 Å². The lowest BCUT2D eigenvalue weighted by molar-refractivity contribution is -0.123. The van der Waals surface area contributed by atoms with Crippen molar-refractivity contribution in [3.8, 4) is 11.5 Å². The van der Waals surface area contributed by atoms with Gasteiger partial charge in [-0.1, -0.05) is 12.8 Å². The second-order valence-corrected chi connectivity index (χ2v) is 8.92. The first-order chi connectivity index (χ1) is 16.5. The Morgan fingerprint density at radius 1 is 0.941 bits per heavy atom. The fraction of sp³-hybridized carbons (Fsp3) is 0.462. The normalized spacial score (nSPS) is 17.9. The summed E-state index contributed by atoms with van der Waals surface area (Å²) in [7, 11) is 3.16. The second kappa shape index (κ2) is 10.9. The summed E-state index contributed by atoms with van der Waals surface area (Å²) in [6.45, 7) is 2.28. The Hall–Kier alpha value is -3.13. The molecule has 1 unspecified atom stereocenters. The number of carbonyl (C=O) groups is 2. The molecular weight excluding hydrogens is 437 g/mol. The van der Waals surface area contributed by atoms with E-state index in [0.29, 0.717) is 48.9 Å². The van der Waals surface area contributed by atoms with Crippen LogP contribution in [0.5, 0.6) is 11.5 Å². The highest BCUT2D eigenvalue weighted by molar-refractivity contribution is 5.96. The topological polar surface area (TPSA) is 71.1 Å². The van der Waals surface area contributed by atoms with Crippen molar-refractivity contribution in [1.29, 1.82) is 0 Å². The molecule has 2 aromatic rings. The molecule has 182 valence electrons. The van der Waals surface area contributed by atoms with E-state index in [1.807, 2.05) is 0 Å². The summed E-state index contributed by atoms with van der Waals surface area (Å²) in [4.78, 5) is 30.3. The number of piperazine rings is 1. The number of amides is 2. The maximum absolute atomic E-state index is 13.5. The van der Waals surface area contributed by atoms with E-state index in [2.05, 4.69) is 10.2 Å². The second-order valence-electron chi connectivity index (χ2n) is 8.92. The summed E-state index contributed by atoms with van der Waals surface area (Å²) in [5.41, 5.74) is 1.11. The van der Waals surface area contributed by atoms with Gasteiger partial charge in [0.05, 0.1) is 20.3 Å². The number of benzene rings is 2. The Morgan fingerprint density at radius 3 is 2.09 bits per heavy atom. The van der Waals surface area contributed by atoms with Gasteiger partial charge < -0.3 is 19.7 Å². The van der Waals surface area contributed by atoms with Crippen LogP contribution < -0.4 is 14.8 Å². The number of carbonyl (C=O) groups excluding carboxylic acids is 2. The third kappa shape index (κ3) is 5.50. The summed E-state index contributed by atoms with van der Waals surface area (Å²) in [5.74, 6) is 0.998. The Morgan fingerprint density at radius 2 is 1.53 bits per heavy atom. The van der Waals surface area contributed by atoms with Crippen molar-refractivity contribution in [2.24, 2.45) is 5.92 Å². The summed E-state index contributed by atoms with van der Waals surface area (Å²) in [6.07, 6.45) is 4.30. The van der Waals surface area contributed by atoms with E-state index in [1.165, 1.54) is 24.3 Å². The van der Waals surface area contributed by atoms with Gasteiger partial charge in [0.15, 0.2) is 0 Å². The van der Waals surface area contributed by atoms with E-state index in [4.69, 9.17) is 9.47 Å². The van der Waals surface area contributed by atoms with Crippen molar-refractivity contribution in [2.45, 2.75) is 31.7 Å². The van der Waals surface area contributed by atoms with Gasteiger partial charge in [0.1, 0.15) is 17.3 Å². The highest BCUT2D eigenvalue weighted by atomic mass is 19.1. The molecule has 1 aliphatic heterocycles. The standard InChI is InChI=1S/C26H32FN3O4/c1-33-22-15-21(16-23(17-22)34-2)28-25(31)24(18-5-3-4-6-18)29-11-13-30(14-12-29)26(32)19-7-9-20(27)10-8-19/h7-10,15-18,24H,3-6,11-14H2,1-2H3,(H,28,31). The van der Waals surface area contributed by atoms with Crippen LogP contribution in [0.1, 0.15) is 36.0 Å². The smallest absolute Gasteiger partial charge is 0.253 e. The van der Waals surface area contributed by atoms with Crippen molar-refractivity contribution in [3.63, 3.8) is 0 Å². The van der Waals surface area contributed by atoms with E-state index < -0.39 is 0 Å². The molecule has 0 bridgehead atoms. The number of hydrogen-bond acceptors (Lipinski definition) is 5. The van der Waals surface area contributed by atoms with Crippen LogP contribution in [0.3, 0.4) is 0 Å². The summed E-state index contributed by atoms with van der Waals surface area (Å²) in [6, 6.07) is 10.7. The summed E-state index contributed by atoms with van der Waals surface area (Å²) < 4.78 is 23.9. The van der Waals surface area contributed by atoms with Crippen LogP contribution >= 0.6 is 0 Å². The van der Waals surface area contributed by atoms with Crippen LogP contribution in [0.4, 0.5) is 10.1 Å². The van der Waals surface area contributed by atoms with Crippen molar-refractivity contribution in [1.82, 2.24) is 9.80 Å². The van der Waals surface area contributed by atoms with Crippen LogP contribution in [-0.2, 0) is 4.79 Å². The van der Waals surface area contributed by atoms with Crippen LogP contribution in [0.25, 0.3) is 0 Å². The first-order valence-electron chi connectivity index (χ1n) is 11.8. The van der Waals surface area contributed by atoms with Gasteiger partial charge in [0.2, 0.25) is 5.91 Å². The van der Waals surface area contributed by atoms with Gasteiger partial charge >= 0.3 is 0 Å². The van der Waals surface area contributed by atoms with Crippen LogP contribution in [0.15, 0.2) is 42.5 Å². The lowest BCUT2D eigenvalue weighted by atomic mass is 9.94. The van der Waals surface area contributed by atoms with Gasteiger partial charge in [0.25, 0.3) is 5.91 Å². The molecule has 4 rings (SSSR count). The monoisotopic (exact) mass is 469 g/mol. The van der Waals surface area contributed by atoms with E-state index in [9.17, 15) is 14.0 Å². The minimum Gasteiger partial charge on any atom is -0.497 e. The zero-order valence-corrected chi connectivity index (χ0v) is 19.8.